The van der Waals surface area contributed by atoms with E-state index in [1.165, 1.54) is 15.3 Å². The molecule has 0 atom stereocenters. The van der Waals surface area contributed by atoms with Crippen molar-refractivity contribution in [3.05, 3.63) is 45.6 Å². The molecule has 0 aliphatic heterocycles. The highest BCUT2D eigenvalue weighted by Gasteiger charge is 2.11. The van der Waals surface area contributed by atoms with E-state index in [0.29, 0.717) is 0 Å². The van der Waals surface area contributed by atoms with Gasteiger partial charge in [0.2, 0.25) is 0 Å². The first-order valence-corrected chi connectivity index (χ1v) is 8.23. The molecule has 100 valence electrons. The Bertz CT molecular complexity index is 572. The lowest BCUT2D eigenvalue weighted by Gasteiger charge is -2.04. The summed E-state index contributed by atoms with van der Waals surface area (Å²) in [4.78, 5) is 15.3. The van der Waals surface area contributed by atoms with Gasteiger partial charge in [-0.2, -0.15) is 0 Å². The van der Waals surface area contributed by atoms with Crippen molar-refractivity contribution in [3.63, 3.8) is 0 Å². The van der Waals surface area contributed by atoms with E-state index >= 15 is 0 Å². The molecule has 1 aromatic carbocycles. The predicted molar refractivity (Wildman–Crippen MR) is 84.6 cm³/mol. The maximum atomic E-state index is 12.1. The number of amides is 1. The molecule has 1 N–H and O–H groups in total. The van der Waals surface area contributed by atoms with Crippen molar-refractivity contribution >= 4 is 34.7 Å². The normalized spacial score (nSPS) is 10.5. The number of rotatable bonds is 4. The molecule has 0 spiro atoms. The second kappa shape index (κ2) is 6.26. The quantitative estimate of drug-likeness (QED) is 0.835. The van der Waals surface area contributed by atoms with Crippen LogP contribution in [0.3, 0.4) is 0 Å². The summed E-state index contributed by atoms with van der Waals surface area (Å²) >= 11 is 3.25. The van der Waals surface area contributed by atoms with Gasteiger partial charge in [0.1, 0.15) is 0 Å². The van der Waals surface area contributed by atoms with Gasteiger partial charge in [-0.25, -0.2) is 0 Å². The van der Waals surface area contributed by atoms with Gasteiger partial charge in [-0.3, -0.25) is 4.79 Å². The maximum absolute atomic E-state index is 12.1. The van der Waals surface area contributed by atoms with Crippen LogP contribution in [0.5, 0.6) is 0 Å². The molecule has 4 heteroatoms. The number of carbonyl (C=O) groups excluding carboxylic acids is 1. The molecular formula is C15H17NOS2. The van der Waals surface area contributed by atoms with Crippen molar-refractivity contribution in [2.45, 2.75) is 25.2 Å². The molecule has 0 bridgehead atoms. The Morgan fingerprint density at radius 3 is 2.53 bits per heavy atom. The summed E-state index contributed by atoms with van der Waals surface area (Å²) in [6.07, 6.45) is 3.01. The van der Waals surface area contributed by atoms with E-state index in [1.807, 2.05) is 36.6 Å². The highest BCUT2D eigenvalue weighted by molar-refractivity contribution is 7.98. The van der Waals surface area contributed by atoms with Crippen molar-refractivity contribution in [2.75, 3.05) is 11.6 Å². The molecule has 2 rings (SSSR count). The summed E-state index contributed by atoms with van der Waals surface area (Å²) in [6, 6.07) is 9.89. The Balaban J connectivity index is 2.11. The van der Waals surface area contributed by atoms with Gasteiger partial charge in [0.25, 0.3) is 5.91 Å². The second-order valence-electron chi connectivity index (χ2n) is 4.23. The van der Waals surface area contributed by atoms with E-state index in [4.69, 9.17) is 0 Å². The molecule has 0 fully saturated rings. The van der Waals surface area contributed by atoms with Crippen molar-refractivity contribution < 1.29 is 4.79 Å². The summed E-state index contributed by atoms with van der Waals surface area (Å²) in [5.74, 6) is -0.0234. The Hall–Kier alpha value is -1.26. The molecule has 2 aromatic rings. The third-order valence-electron chi connectivity index (χ3n) is 2.97. The number of thiophene rings is 1. The Kier molecular flexibility index (Phi) is 4.66. The minimum atomic E-state index is -0.0234. The standard InChI is InChI=1S/C15H17NOS2/c1-4-11-9-14(19-10(11)2)15(17)16-12-5-7-13(18-3)8-6-12/h5-9H,4H2,1-3H3,(H,16,17). The first-order valence-electron chi connectivity index (χ1n) is 6.18. The van der Waals surface area contributed by atoms with Gasteiger partial charge in [-0.15, -0.1) is 23.1 Å². The minimum absolute atomic E-state index is 0.0234. The van der Waals surface area contributed by atoms with Crippen LogP contribution in [-0.4, -0.2) is 12.2 Å². The summed E-state index contributed by atoms with van der Waals surface area (Å²) in [5, 5.41) is 2.94. The molecule has 0 saturated heterocycles. The van der Waals surface area contributed by atoms with Crippen LogP contribution in [0, 0.1) is 6.92 Å². The lowest BCUT2D eigenvalue weighted by Crippen LogP contribution is -2.09. The van der Waals surface area contributed by atoms with Crippen LogP contribution in [0.1, 0.15) is 27.0 Å². The van der Waals surface area contributed by atoms with Crippen LogP contribution in [0.2, 0.25) is 0 Å². The predicted octanol–water partition coefficient (Wildman–Crippen LogP) is 4.59. The molecule has 0 saturated carbocycles. The second-order valence-corrected chi connectivity index (χ2v) is 6.36. The lowest BCUT2D eigenvalue weighted by molar-refractivity contribution is 0.103. The smallest absolute Gasteiger partial charge is 0.265 e. The third kappa shape index (κ3) is 3.39. The van der Waals surface area contributed by atoms with Gasteiger partial charge in [0.15, 0.2) is 0 Å². The summed E-state index contributed by atoms with van der Waals surface area (Å²) in [7, 11) is 0. The zero-order chi connectivity index (χ0) is 13.8. The van der Waals surface area contributed by atoms with Gasteiger partial charge < -0.3 is 5.32 Å². The van der Waals surface area contributed by atoms with E-state index in [9.17, 15) is 4.79 Å². The topological polar surface area (TPSA) is 29.1 Å². The monoisotopic (exact) mass is 291 g/mol. The summed E-state index contributed by atoms with van der Waals surface area (Å²) in [6.45, 7) is 4.17. The summed E-state index contributed by atoms with van der Waals surface area (Å²) in [5.41, 5.74) is 2.10. The van der Waals surface area contributed by atoms with E-state index in [0.717, 1.165) is 17.0 Å². The van der Waals surface area contributed by atoms with Crippen LogP contribution >= 0.6 is 23.1 Å². The molecule has 1 heterocycles. The molecule has 1 aromatic heterocycles. The zero-order valence-electron chi connectivity index (χ0n) is 11.3. The number of anilines is 1. The van der Waals surface area contributed by atoms with E-state index in [-0.39, 0.29) is 5.91 Å². The van der Waals surface area contributed by atoms with Gasteiger partial charge in [-0.1, -0.05) is 6.92 Å². The first kappa shape index (κ1) is 14.2. The van der Waals surface area contributed by atoms with Crippen molar-refractivity contribution in [1.82, 2.24) is 0 Å². The average molecular weight is 291 g/mol. The highest BCUT2D eigenvalue weighted by atomic mass is 32.2. The molecule has 0 radical (unpaired) electrons. The number of nitrogens with one attached hydrogen (secondary N) is 1. The van der Waals surface area contributed by atoms with E-state index < -0.39 is 0 Å². The fraction of sp³-hybridized carbons (Fsp3) is 0.267. The number of hydrogen-bond donors (Lipinski definition) is 1. The van der Waals surface area contributed by atoms with Crippen LogP contribution in [0.15, 0.2) is 35.2 Å². The number of thioether (sulfide) groups is 1. The SMILES string of the molecule is CCc1cc(C(=O)Nc2ccc(SC)cc2)sc1C. The fourth-order valence-electron chi connectivity index (χ4n) is 1.85. The fourth-order valence-corrected chi connectivity index (χ4v) is 3.27. The molecule has 2 nitrogen and oxygen atoms in total. The maximum Gasteiger partial charge on any atom is 0.265 e. The van der Waals surface area contributed by atoms with Gasteiger partial charge in [0.05, 0.1) is 4.88 Å². The van der Waals surface area contributed by atoms with Crippen LogP contribution in [0.4, 0.5) is 5.69 Å². The van der Waals surface area contributed by atoms with Crippen LogP contribution in [-0.2, 0) is 6.42 Å². The number of carbonyl (C=O) groups is 1. The summed E-state index contributed by atoms with van der Waals surface area (Å²) < 4.78 is 0. The van der Waals surface area contributed by atoms with Crippen molar-refractivity contribution in [3.8, 4) is 0 Å². The van der Waals surface area contributed by atoms with Crippen molar-refractivity contribution in [2.24, 2.45) is 0 Å². The Labute approximate surface area is 122 Å². The molecule has 0 aliphatic carbocycles. The van der Waals surface area contributed by atoms with E-state index in [1.54, 1.807) is 23.1 Å². The Morgan fingerprint density at radius 2 is 2.00 bits per heavy atom. The first-order chi connectivity index (χ1) is 9.13. The van der Waals surface area contributed by atoms with E-state index in [2.05, 4.69) is 19.2 Å². The molecule has 1 amide bonds. The number of aryl methyl sites for hydroxylation is 2. The van der Waals surface area contributed by atoms with Crippen molar-refractivity contribution in [1.29, 1.82) is 0 Å². The zero-order valence-corrected chi connectivity index (χ0v) is 13.0. The molecule has 0 aliphatic rings. The van der Waals surface area contributed by atoms with Crippen LogP contribution in [0.25, 0.3) is 0 Å². The molecule has 19 heavy (non-hydrogen) atoms. The Morgan fingerprint density at radius 1 is 1.32 bits per heavy atom. The molecular weight excluding hydrogens is 274 g/mol. The number of benzene rings is 1. The third-order valence-corrected chi connectivity index (χ3v) is 4.81. The number of hydrogen-bond acceptors (Lipinski definition) is 3. The van der Waals surface area contributed by atoms with Gasteiger partial charge in [-0.05, 0) is 55.5 Å². The highest BCUT2D eigenvalue weighted by Crippen LogP contribution is 2.23. The molecule has 0 unspecified atom stereocenters. The van der Waals surface area contributed by atoms with Crippen LogP contribution < -0.4 is 5.32 Å². The average Bonchev–Trinajstić information content (AvgIpc) is 2.81. The minimum Gasteiger partial charge on any atom is -0.321 e. The lowest BCUT2D eigenvalue weighted by atomic mass is 10.2. The largest absolute Gasteiger partial charge is 0.321 e. The van der Waals surface area contributed by atoms with Gasteiger partial charge in [0, 0.05) is 15.5 Å². The van der Waals surface area contributed by atoms with Gasteiger partial charge >= 0.3 is 0 Å².